The first-order valence-electron chi connectivity index (χ1n) is 9.91. The van der Waals surface area contributed by atoms with Gasteiger partial charge in [0.1, 0.15) is 10.8 Å². The van der Waals surface area contributed by atoms with Crippen LogP contribution >= 0.6 is 11.3 Å². The first kappa shape index (κ1) is 20.6. The molecule has 1 aromatic carbocycles. The highest BCUT2D eigenvalue weighted by Crippen LogP contribution is 2.26. The molecule has 1 aromatic heterocycles. The van der Waals surface area contributed by atoms with Crippen LogP contribution in [0.4, 0.5) is 9.52 Å². The molecule has 0 radical (unpaired) electrons. The Balaban J connectivity index is 1.28. The number of hydrogen-bond acceptors (Lipinski definition) is 7. The standard InChI is InChI=1S/C19H25FN4O3S2/c20-15-3-1-14(2-4-15)13-18-22-23-19(28-18)21-16-5-9-24(10-6-16)29(25,26)17-7-11-27-12-8-17/h1-4,16-17H,5-13H2,(H,21,23). The fourth-order valence-electron chi connectivity index (χ4n) is 3.77. The van der Waals surface area contributed by atoms with Crippen LogP contribution in [0.15, 0.2) is 24.3 Å². The maximum Gasteiger partial charge on any atom is 0.217 e. The zero-order valence-corrected chi connectivity index (χ0v) is 17.7. The van der Waals surface area contributed by atoms with Gasteiger partial charge >= 0.3 is 0 Å². The van der Waals surface area contributed by atoms with E-state index in [1.165, 1.54) is 23.5 Å². The van der Waals surface area contributed by atoms with E-state index in [2.05, 4.69) is 15.5 Å². The van der Waals surface area contributed by atoms with Gasteiger partial charge in [0.05, 0.1) is 5.25 Å². The van der Waals surface area contributed by atoms with Crippen LogP contribution in [0.2, 0.25) is 0 Å². The Labute approximate surface area is 174 Å². The van der Waals surface area contributed by atoms with E-state index in [1.807, 2.05) is 0 Å². The molecule has 2 aromatic rings. The summed E-state index contributed by atoms with van der Waals surface area (Å²) in [6, 6.07) is 6.56. The Hall–Kier alpha value is -1.62. The molecule has 0 saturated carbocycles. The van der Waals surface area contributed by atoms with Gasteiger partial charge in [0.15, 0.2) is 0 Å². The van der Waals surface area contributed by atoms with Crippen LogP contribution < -0.4 is 5.32 Å². The molecule has 0 bridgehead atoms. The van der Waals surface area contributed by atoms with Crippen LogP contribution in [0.25, 0.3) is 0 Å². The van der Waals surface area contributed by atoms with Crippen LogP contribution in [0.1, 0.15) is 36.3 Å². The molecule has 0 atom stereocenters. The van der Waals surface area contributed by atoms with Gasteiger partial charge in [-0.3, -0.25) is 0 Å². The van der Waals surface area contributed by atoms with E-state index in [0.717, 1.165) is 28.5 Å². The van der Waals surface area contributed by atoms with Crippen molar-refractivity contribution < 1.29 is 17.5 Å². The highest BCUT2D eigenvalue weighted by Gasteiger charge is 2.35. The summed E-state index contributed by atoms with van der Waals surface area (Å²) in [5.74, 6) is -0.251. The smallest absolute Gasteiger partial charge is 0.217 e. The van der Waals surface area contributed by atoms with Crippen LogP contribution in [-0.2, 0) is 21.2 Å². The van der Waals surface area contributed by atoms with Crippen molar-refractivity contribution in [3.63, 3.8) is 0 Å². The molecule has 2 aliphatic heterocycles. The number of anilines is 1. The molecular weight excluding hydrogens is 415 g/mol. The lowest BCUT2D eigenvalue weighted by Crippen LogP contribution is -2.47. The van der Waals surface area contributed by atoms with Gasteiger partial charge < -0.3 is 10.1 Å². The lowest BCUT2D eigenvalue weighted by molar-refractivity contribution is 0.0969. The normalized spacial score (nSPS) is 20.0. The van der Waals surface area contributed by atoms with Gasteiger partial charge in [0, 0.05) is 38.8 Å². The molecule has 10 heteroatoms. The Morgan fingerprint density at radius 2 is 1.79 bits per heavy atom. The summed E-state index contributed by atoms with van der Waals surface area (Å²) < 4.78 is 45.6. The van der Waals surface area contributed by atoms with Crippen molar-refractivity contribution in [2.45, 2.75) is 43.4 Å². The Bertz CT molecular complexity index is 906. The number of halogens is 1. The third-order valence-electron chi connectivity index (χ3n) is 5.47. The molecule has 2 saturated heterocycles. The zero-order valence-electron chi connectivity index (χ0n) is 16.1. The molecule has 0 amide bonds. The number of nitrogens with zero attached hydrogens (tertiary/aromatic N) is 3. The van der Waals surface area contributed by atoms with Gasteiger partial charge in [0.25, 0.3) is 0 Å². The fraction of sp³-hybridized carbons (Fsp3) is 0.579. The van der Waals surface area contributed by atoms with E-state index in [4.69, 9.17) is 4.74 Å². The molecule has 4 rings (SSSR count). The van der Waals surface area contributed by atoms with Crippen LogP contribution in [0.5, 0.6) is 0 Å². The van der Waals surface area contributed by atoms with Crippen molar-refractivity contribution >= 4 is 26.5 Å². The predicted octanol–water partition coefficient (Wildman–Crippen LogP) is 2.65. The number of aromatic nitrogens is 2. The first-order chi connectivity index (χ1) is 14.0. The summed E-state index contributed by atoms with van der Waals surface area (Å²) in [6.45, 7) is 2.11. The van der Waals surface area contributed by atoms with Gasteiger partial charge in [0.2, 0.25) is 15.2 Å². The van der Waals surface area contributed by atoms with Gasteiger partial charge in [-0.1, -0.05) is 23.5 Å². The number of nitrogens with one attached hydrogen (secondary N) is 1. The second kappa shape index (κ2) is 9.03. The summed E-state index contributed by atoms with van der Waals surface area (Å²) in [6.07, 6.45) is 3.27. The van der Waals surface area contributed by atoms with Gasteiger partial charge in [-0.2, -0.15) is 0 Å². The largest absolute Gasteiger partial charge is 0.381 e. The van der Waals surface area contributed by atoms with E-state index in [9.17, 15) is 12.8 Å². The highest BCUT2D eigenvalue weighted by atomic mass is 32.2. The topological polar surface area (TPSA) is 84.4 Å². The maximum absolute atomic E-state index is 13.0. The summed E-state index contributed by atoms with van der Waals surface area (Å²) in [4.78, 5) is 0. The molecule has 0 unspecified atom stereocenters. The number of benzene rings is 1. The lowest BCUT2D eigenvalue weighted by atomic mass is 10.1. The summed E-state index contributed by atoms with van der Waals surface area (Å²) in [5.41, 5.74) is 0.987. The highest BCUT2D eigenvalue weighted by molar-refractivity contribution is 7.89. The zero-order chi connectivity index (χ0) is 20.3. The van der Waals surface area contributed by atoms with Crippen molar-refractivity contribution in [2.75, 3.05) is 31.6 Å². The molecular formula is C19H25FN4O3S2. The third-order valence-corrected chi connectivity index (χ3v) is 8.72. The summed E-state index contributed by atoms with van der Waals surface area (Å²) in [7, 11) is -3.24. The molecule has 2 aliphatic rings. The molecule has 2 fully saturated rings. The van der Waals surface area contributed by atoms with Gasteiger partial charge in [-0.05, 0) is 43.4 Å². The quantitative estimate of drug-likeness (QED) is 0.744. The van der Waals surface area contributed by atoms with Gasteiger partial charge in [-0.15, -0.1) is 10.2 Å². The molecule has 158 valence electrons. The number of sulfonamides is 1. The average Bonchev–Trinajstić information content (AvgIpc) is 3.17. The Morgan fingerprint density at radius 1 is 1.10 bits per heavy atom. The third kappa shape index (κ3) is 5.11. The van der Waals surface area contributed by atoms with Gasteiger partial charge in [-0.25, -0.2) is 17.1 Å². The van der Waals surface area contributed by atoms with E-state index >= 15 is 0 Å². The van der Waals surface area contributed by atoms with E-state index in [1.54, 1.807) is 16.4 Å². The lowest BCUT2D eigenvalue weighted by Gasteiger charge is -2.34. The number of piperidine rings is 1. The number of hydrogen-bond donors (Lipinski definition) is 1. The Kier molecular flexibility index (Phi) is 6.43. The summed E-state index contributed by atoms with van der Waals surface area (Å²) in [5, 5.41) is 13.1. The molecule has 3 heterocycles. The monoisotopic (exact) mass is 440 g/mol. The number of rotatable bonds is 6. The van der Waals surface area contributed by atoms with Crippen molar-refractivity contribution in [3.05, 3.63) is 40.7 Å². The molecule has 1 N–H and O–H groups in total. The SMILES string of the molecule is O=S(=O)(C1CCOCC1)N1CCC(Nc2nnc(Cc3ccc(F)cc3)s2)CC1. The summed E-state index contributed by atoms with van der Waals surface area (Å²) >= 11 is 1.48. The minimum Gasteiger partial charge on any atom is -0.381 e. The van der Waals surface area contributed by atoms with Crippen molar-refractivity contribution in [1.82, 2.24) is 14.5 Å². The fourth-order valence-corrected chi connectivity index (χ4v) is 6.55. The molecule has 7 nitrogen and oxygen atoms in total. The van der Waals surface area contributed by atoms with Crippen molar-refractivity contribution in [2.24, 2.45) is 0 Å². The minimum absolute atomic E-state index is 0.183. The van der Waals surface area contributed by atoms with Crippen molar-refractivity contribution in [3.8, 4) is 0 Å². The average molecular weight is 441 g/mol. The van der Waals surface area contributed by atoms with E-state index in [0.29, 0.717) is 45.6 Å². The maximum atomic E-state index is 13.0. The van der Waals surface area contributed by atoms with E-state index < -0.39 is 10.0 Å². The second-order valence-corrected chi connectivity index (χ2v) is 10.8. The van der Waals surface area contributed by atoms with Crippen molar-refractivity contribution in [1.29, 1.82) is 0 Å². The minimum atomic E-state index is -3.24. The van der Waals surface area contributed by atoms with Crippen LogP contribution in [0.3, 0.4) is 0 Å². The van der Waals surface area contributed by atoms with Crippen LogP contribution in [0, 0.1) is 5.82 Å². The van der Waals surface area contributed by atoms with Crippen LogP contribution in [-0.4, -0.2) is 60.5 Å². The second-order valence-electron chi connectivity index (χ2n) is 7.48. The van der Waals surface area contributed by atoms with E-state index in [-0.39, 0.29) is 17.1 Å². The molecule has 0 spiro atoms. The number of ether oxygens (including phenoxy) is 1. The molecule has 29 heavy (non-hydrogen) atoms. The predicted molar refractivity (Wildman–Crippen MR) is 110 cm³/mol. The first-order valence-corrected chi connectivity index (χ1v) is 12.2. The Morgan fingerprint density at radius 3 is 2.48 bits per heavy atom. The molecule has 0 aliphatic carbocycles.